The minimum Gasteiger partial charge on any atom is -0.340 e. The summed E-state index contributed by atoms with van der Waals surface area (Å²) in [6, 6.07) is 0. The van der Waals surface area contributed by atoms with Gasteiger partial charge in [-0.15, -0.1) is 24.8 Å². The maximum Gasteiger partial charge on any atom is 0.230 e. The maximum atomic E-state index is 12.3. The highest BCUT2D eigenvalue weighted by Gasteiger charge is 2.36. The van der Waals surface area contributed by atoms with E-state index in [4.69, 9.17) is 5.73 Å². The van der Waals surface area contributed by atoms with E-state index in [1.807, 2.05) is 4.90 Å². The topological polar surface area (TPSA) is 58.4 Å². The molecular weight excluding hydrogens is 261 g/mol. The van der Waals surface area contributed by atoms with E-state index in [0.717, 1.165) is 39.0 Å². The molecule has 0 aromatic carbocycles. The third-order valence-electron chi connectivity index (χ3n) is 3.60. The summed E-state index contributed by atoms with van der Waals surface area (Å²) in [5, 5.41) is 3.25. The molecule has 1 aliphatic rings. The largest absolute Gasteiger partial charge is 0.340 e. The molecule has 0 unspecified atom stereocenters. The summed E-state index contributed by atoms with van der Waals surface area (Å²) in [6.07, 6.45) is 1.67. The Morgan fingerprint density at radius 1 is 1.24 bits per heavy atom. The molecule has 1 saturated heterocycles. The van der Waals surface area contributed by atoms with Crippen molar-refractivity contribution in [3.8, 4) is 0 Å². The second-order valence-corrected chi connectivity index (χ2v) is 4.23. The van der Waals surface area contributed by atoms with Crippen LogP contribution in [-0.2, 0) is 4.79 Å². The van der Waals surface area contributed by atoms with Gasteiger partial charge in [-0.25, -0.2) is 0 Å². The van der Waals surface area contributed by atoms with E-state index >= 15 is 0 Å². The molecule has 0 atom stereocenters. The molecule has 4 nitrogen and oxygen atoms in total. The smallest absolute Gasteiger partial charge is 0.230 e. The van der Waals surface area contributed by atoms with Crippen molar-refractivity contribution in [1.82, 2.24) is 10.2 Å². The molecule has 104 valence electrons. The number of carbonyl (C=O) groups is 1. The Morgan fingerprint density at radius 2 is 1.71 bits per heavy atom. The molecule has 1 rings (SSSR count). The minimum absolute atomic E-state index is 0. The summed E-state index contributed by atoms with van der Waals surface area (Å²) in [6.45, 7) is 8.01. The van der Waals surface area contributed by atoms with E-state index in [-0.39, 0.29) is 36.1 Å². The van der Waals surface area contributed by atoms with E-state index in [1.54, 1.807) is 0 Å². The molecule has 0 bridgehead atoms. The lowest BCUT2D eigenvalue weighted by molar-refractivity contribution is -0.142. The van der Waals surface area contributed by atoms with Gasteiger partial charge in [-0.05, 0) is 12.8 Å². The van der Waals surface area contributed by atoms with Crippen molar-refractivity contribution in [2.75, 3.05) is 32.7 Å². The molecule has 0 saturated carbocycles. The molecule has 3 N–H and O–H groups in total. The van der Waals surface area contributed by atoms with Crippen LogP contribution in [0.2, 0.25) is 0 Å². The number of hydrogen-bond acceptors (Lipinski definition) is 3. The fraction of sp³-hybridized carbons (Fsp3) is 0.909. The summed E-state index contributed by atoms with van der Waals surface area (Å²) in [4.78, 5) is 14.3. The molecule has 1 fully saturated rings. The fourth-order valence-electron chi connectivity index (χ4n) is 2.13. The average Bonchev–Trinajstić information content (AvgIpc) is 2.33. The number of carbonyl (C=O) groups excluding carboxylic acids is 1. The van der Waals surface area contributed by atoms with Crippen LogP contribution in [0.1, 0.15) is 26.7 Å². The monoisotopic (exact) mass is 285 g/mol. The van der Waals surface area contributed by atoms with Crippen LogP contribution in [0.4, 0.5) is 0 Å². The van der Waals surface area contributed by atoms with Crippen LogP contribution < -0.4 is 11.1 Å². The first kappa shape index (κ1) is 19.3. The van der Waals surface area contributed by atoms with Gasteiger partial charge in [0.15, 0.2) is 0 Å². The number of amides is 1. The molecule has 1 heterocycles. The Labute approximate surface area is 117 Å². The van der Waals surface area contributed by atoms with Crippen LogP contribution in [0, 0.1) is 5.41 Å². The highest BCUT2D eigenvalue weighted by atomic mass is 35.5. The zero-order chi connectivity index (χ0) is 11.3. The van der Waals surface area contributed by atoms with E-state index in [9.17, 15) is 4.79 Å². The van der Waals surface area contributed by atoms with Crippen LogP contribution in [-0.4, -0.2) is 43.5 Å². The summed E-state index contributed by atoms with van der Waals surface area (Å²) in [5.74, 6) is 0.247. The fourth-order valence-corrected chi connectivity index (χ4v) is 2.13. The Morgan fingerprint density at radius 3 is 2.06 bits per heavy atom. The number of nitrogens with two attached hydrogens (primary N) is 1. The summed E-state index contributed by atoms with van der Waals surface area (Å²) in [7, 11) is 0. The highest BCUT2D eigenvalue weighted by Crippen LogP contribution is 2.27. The minimum atomic E-state index is -0.322. The molecule has 0 radical (unpaired) electrons. The Bertz CT molecular complexity index is 208. The molecule has 0 aromatic rings. The van der Waals surface area contributed by atoms with Crippen molar-refractivity contribution in [3.05, 3.63) is 0 Å². The van der Waals surface area contributed by atoms with Gasteiger partial charge < -0.3 is 16.0 Å². The molecule has 1 aliphatic heterocycles. The summed E-state index contributed by atoms with van der Waals surface area (Å²) >= 11 is 0. The van der Waals surface area contributed by atoms with Gasteiger partial charge >= 0.3 is 0 Å². The third-order valence-corrected chi connectivity index (χ3v) is 3.60. The predicted octanol–water partition coefficient (Wildman–Crippen LogP) is 1.03. The van der Waals surface area contributed by atoms with Crippen LogP contribution in [0.25, 0.3) is 0 Å². The van der Waals surface area contributed by atoms with Gasteiger partial charge in [0.2, 0.25) is 5.91 Å². The van der Waals surface area contributed by atoms with Crippen LogP contribution in [0.3, 0.4) is 0 Å². The van der Waals surface area contributed by atoms with Gasteiger partial charge in [-0.2, -0.15) is 0 Å². The average molecular weight is 286 g/mol. The molecule has 17 heavy (non-hydrogen) atoms. The first-order chi connectivity index (χ1) is 7.20. The van der Waals surface area contributed by atoms with Crippen molar-refractivity contribution in [2.45, 2.75) is 26.7 Å². The van der Waals surface area contributed by atoms with E-state index in [0.29, 0.717) is 6.54 Å². The lowest BCUT2D eigenvalue weighted by atomic mass is 9.81. The first-order valence-electron chi connectivity index (χ1n) is 5.90. The Balaban J connectivity index is 0. The Hall–Kier alpha value is -0.0300. The molecular formula is C11H25Cl2N3O. The molecule has 6 heteroatoms. The summed E-state index contributed by atoms with van der Waals surface area (Å²) < 4.78 is 0. The number of hydrogen-bond donors (Lipinski definition) is 2. The molecule has 0 spiro atoms. The van der Waals surface area contributed by atoms with Crippen LogP contribution in [0.5, 0.6) is 0 Å². The number of piperazine rings is 1. The van der Waals surface area contributed by atoms with Crippen molar-refractivity contribution in [1.29, 1.82) is 0 Å². The number of rotatable bonds is 4. The Kier molecular flexibility index (Phi) is 10.2. The maximum absolute atomic E-state index is 12.3. The second kappa shape index (κ2) is 8.97. The van der Waals surface area contributed by atoms with E-state index in [1.165, 1.54) is 0 Å². The van der Waals surface area contributed by atoms with Gasteiger partial charge in [-0.1, -0.05) is 13.8 Å². The third kappa shape index (κ3) is 4.28. The normalized spacial score (nSPS) is 15.8. The van der Waals surface area contributed by atoms with Crippen molar-refractivity contribution in [2.24, 2.45) is 11.1 Å². The van der Waals surface area contributed by atoms with E-state index < -0.39 is 0 Å². The zero-order valence-corrected chi connectivity index (χ0v) is 12.3. The van der Waals surface area contributed by atoms with Crippen LogP contribution in [0.15, 0.2) is 0 Å². The number of nitrogens with zero attached hydrogens (tertiary/aromatic N) is 1. The van der Waals surface area contributed by atoms with Crippen molar-refractivity contribution < 1.29 is 4.79 Å². The standard InChI is InChI=1S/C11H23N3O.2ClH/c1-3-11(4-2,9-12)10(15)14-7-5-13-6-8-14;;/h13H,3-9,12H2,1-2H3;2*1H. The summed E-state index contributed by atoms with van der Waals surface area (Å²) in [5.41, 5.74) is 5.45. The van der Waals surface area contributed by atoms with Crippen LogP contribution >= 0.6 is 24.8 Å². The lowest BCUT2D eigenvalue weighted by Crippen LogP contribution is -2.53. The second-order valence-electron chi connectivity index (χ2n) is 4.23. The van der Waals surface area contributed by atoms with Crippen molar-refractivity contribution in [3.63, 3.8) is 0 Å². The number of nitrogens with one attached hydrogen (secondary N) is 1. The SMILES string of the molecule is CCC(CC)(CN)C(=O)N1CCNCC1.Cl.Cl. The molecule has 0 aromatic heterocycles. The zero-order valence-electron chi connectivity index (χ0n) is 10.7. The van der Waals surface area contributed by atoms with Gasteiger partial charge in [0.1, 0.15) is 0 Å². The molecule has 0 aliphatic carbocycles. The van der Waals surface area contributed by atoms with Gasteiger partial charge in [-0.3, -0.25) is 4.79 Å². The van der Waals surface area contributed by atoms with Gasteiger partial charge in [0.25, 0.3) is 0 Å². The molecule has 1 amide bonds. The predicted molar refractivity (Wildman–Crippen MR) is 76.0 cm³/mol. The number of halogens is 2. The van der Waals surface area contributed by atoms with E-state index in [2.05, 4.69) is 19.2 Å². The first-order valence-corrected chi connectivity index (χ1v) is 5.90. The van der Waals surface area contributed by atoms with Crippen molar-refractivity contribution >= 4 is 30.7 Å². The highest BCUT2D eigenvalue weighted by molar-refractivity contribution is 5.85. The van der Waals surface area contributed by atoms with Gasteiger partial charge in [0.05, 0.1) is 5.41 Å². The quantitative estimate of drug-likeness (QED) is 0.811. The van der Waals surface area contributed by atoms with Gasteiger partial charge in [0, 0.05) is 32.7 Å². The lowest BCUT2D eigenvalue weighted by Gasteiger charge is -2.37.